The number of nitrogens with one attached hydrogen (secondary N) is 2. The zero-order chi connectivity index (χ0) is 18.0. The molecule has 1 aromatic heterocycles. The Bertz CT molecular complexity index is 796. The third-order valence-electron chi connectivity index (χ3n) is 4.27. The molecule has 0 saturated heterocycles. The lowest BCUT2D eigenvalue weighted by Gasteiger charge is -2.17. The fourth-order valence-corrected chi connectivity index (χ4v) is 3.68. The maximum absolute atomic E-state index is 12.6. The second-order valence-electron chi connectivity index (χ2n) is 6.32. The SMILES string of the molecule is COc1ccccc1[C@@H](C)NC(=O)c1sc(NC(=O)C2CC2)cc1C. The molecule has 6 heteroatoms. The topological polar surface area (TPSA) is 67.4 Å². The van der Waals surface area contributed by atoms with E-state index >= 15 is 0 Å². The molecule has 5 nitrogen and oxygen atoms in total. The molecule has 1 aromatic carbocycles. The minimum Gasteiger partial charge on any atom is -0.496 e. The van der Waals surface area contributed by atoms with E-state index in [9.17, 15) is 9.59 Å². The summed E-state index contributed by atoms with van der Waals surface area (Å²) in [5, 5.41) is 6.64. The second-order valence-corrected chi connectivity index (χ2v) is 7.38. The number of ether oxygens (including phenoxy) is 1. The molecule has 0 unspecified atom stereocenters. The Morgan fingerprint density at radius 3 is 2.68 bits per heavy atom. The van der Waals surface area contributed by atoms with Crippen LogP contribution in [0.25, 0.3) is 0 Å². The number of aryl methyl sites for hydroxylation is 1. The molecule has 0 spiro atoms. The Balaban J connectivity index is 1.70. The molecule has 25 heavy (non-hydrogen) atoms. The van der Waals surface area contributed by atoms with E-state index in [-0.39, 0.29) is 23.8 Å². The first-order valence-electron chi connectivity index (χ1n) is 8.34. The van der Waals surface area contributed by atoms with Crippen LogP contribution >= 0.6 is 11.3 Å². The number of amides is 2. The van der Waals surface area contributed by atoms with Crippen LogP contribution in [0, 0.1) is 12.8 Å². The number of rotatable bonds is 6. The molecule has 1 aliphatic rings. The van der Waals surface area contributed by atoms with E-state index in [0.29, 0.717) is 4.88 Å². The average Bonchev–Trinajstić information content (AvgIpc) is 3.38. The fourth-order valence-electron chi connectivity index (χ4n) is 2.70. The van der Waals surface area contributed by atoms with Gasteiger partial charge in [-0.25, -0.2) is 0 Å². The van der Waals surface area contributed by atoms with Crippen molar-refractivity contribution in [3.05, 3.63) is 46.3 Å². The van der Waals surface area contributed by atoms with E-state index in [0.717, 1.165) is 34.7 Å². The summed E-state index contributed by atoms with van der Waals surface area (Å²) in [6.07, 6.45) is 1.92. The van der Waals surface area contributed by atoms with Gasteiger partial charge in [0, 0.05) is 11.5 Å². The number of para-hydroxylation sites is 1. The van der Waals surface area contributed by atoms with E-state index in [1.165, 1.54) is 11.3 Å². The molecular formula is C19H22N2O3S. The van der Waals surface area contributed by atoms with Gasteiger partial charge in [0.25, 0.3) is 5.91 Å². The number of hydrogen-bond donors (Lipinski definition) is 2. The van der Waals surface area contributed by atoms with Crippen molar-refractivity contribution in [1.82, 2.24) is 5.32 Å². The predicted molar refractivity (Wildman–Crippen MR) is 99.3 cm³/mol. The van der Waals surface area contributed by atoms with Gasteiger partial charge < -0.3 is 15.4 Å². The number of anilines is 1. The van der Waals surface area contributed by atoms with Crippen molar-refractivity contribution in [3.8, 4) is 5.75 Å². The fraction of sp³-hybridized carbons (Fsp3) is 0.368. The largest absolute Gasteiger partial charge is 0.496 e. The standard InChI is InChI=1S/C19H22N2O3S/c1-11-10-16(21-18(22)13-8-9-13)25-17(11)19(23)20-12(2)14-6-4-5-7-15(14)24-3/h4-7,10,12-13H,8-9H2,1-3H3,(H,20,23)(H,21,22)/t12-/m1/s1. The van der Waals surface area contributed by atoms with Crippen LogP contribution in [0.4, 0.5) is 5.00 Å². The Morgan fingerprint density at radius 2 is 2.00 bits per heavy atom. The van der Waals surface area contributed by atoms with Crippen molar-refractivity contribution in [3.63, 3.8) is 0 Å². The monoisotopic (exact) mass is 358 g/mol. The third kappa shape index (κ3) is 4.02. The Hall–Kier alpha value is -2.34. The maximum atomic E-state index is 12.6. The number of benzene rings is 1. The van der Waals surface area contributed by atoms with Crippen molar-refractivity contribution in [2.75, 3.05) is 12.4 Å². The van der Waals surface area contributed by atoms with Crippen LogP contribution in [0.1, 0.15) is 46.6 Å². The highest BCUT2D eigenvalue weighted by Gasteiger charge is 2.30. The maximum Gasteiger partial charge on any atom is 0.262 e. The summed E-state index contributed by atoms with van der Waals surface area (Å²) in [5.41, 5.74) is 1.79. The van der Waals surface area contributed by atoms with Crippen LogP contribution < -0.4 is 15.4 Å². The van der Waals surface area contributed by atoms with Crippen molar-refractivity contribution in [1.29, 1.82) is 0 Å². The third-order valence-corrected chi connectivity index (χ3v) is 5.42. The van der Waals surface area contributed by atoms with Crippen LogP contribution in [0.2, 0.25) is 0 Å². The molecule has 132 valence electrons. The van der Waals surface area contributed by atoms with Gasteiger partial charge in [-0.2, -0.15) is 0 Å². The van der Waals surface area contributed by atoms with E-state index in [2.05, 4.69) is 10.6 Å². The highest BCUT2D eigenvalue weighted by molar-refractivity contribution is 7.18. The van der Waals surface area contributed by atoms with Gasteiger partial charge in [0.15, 0.2) is 0 Å². The number of carbonyl (C=O) groups is 2. The van der Waals surface area contributed by atoms with Crippen LogP contribution in [-0.4, -0.2) is 18.9 Å². The molecule has 0 aliphatic heterocycles. The lowest BCUT2D eigenvalue weighted by Crippen LogP contribution is -2.26. The lowest BCUT2D eigenvalue weighted by atomic mass is 10.1. The van der Waals surface area contributed by atoms with E-state index < -0.39 is 0 Å². The van der Waals surface area contributed by atoms with Crippen molar-refractivity contribution >= 4 is 28.2 Å². The normalized spacial score (nSPS) is 14.7. The van der Waals surface area contributed by atoms with Gasteiger partial charge in [-0.05, 0) is 44.4 Å². The van der Waals surface area contributed by atoms with Gasteiger partial charge >= 0.3 is 0 Å². The molecule has 1 heterocycles. The van der Waals surface area contributed by atoms with Crippen LogP contribution in [0.3, 0.4) is 0 Å². The first-order valence-corrected chi connectivity index (χ1v) is 9.16. The Morgan fingerprint density at radius 1 is 1.28 bits per heavy atom. The van der Waals surface area contributed by atoms with Gasteiger partial charge in [0.2, 0.25) is 5.91 Å². The summed E-state index contributed by atoms with van der Waals surface area (Å²) >= 11 is 1.31. The molecule has 1 fully saturated rings. The molecule has 2 N–H and O–H groups in total. The molecular weight excluding hydrogens is 336 g/mol. The molecule has 0 bridgehead atoms. The minimum atomic E-state index is -0.186. The first kappa shape index (κ1) is 17.5. The molecule has 2 aromatic rings. The summed E-state index contributed by atoms with van der Waals surface area (Å²) in [7, 11) is 1.62. The molecule has 1 saturated carbocycles. The number of carbonyl (C=O) groups excluding carboxylic acids is 2. The van der Waals surface area contributed by atoms with Gasteiger partial charge in [0.05, 0.1) is 23.0 Å². The summed E-state index contributed by atoms with van der Waals surface area (Å²) in [5.74, 6) is 0.796. The Kier molecular flexibility index (Phi) is 5.08. The van der Waals surface area contributed by atoms with Crippen molar-refractivity contribution in [2.45, 2.75) is 32.7 Å². The highest BCUT2D eigenvalue weighted by Crippen LogP contribution is 2.33. The van der Waals surface area contributed by atoms with E-state index in [1.54, 1.807) is 7.11 Å². The van der Waals surface area contributed by atoms with Gasteiger partial charge in [-0.1, -0.05) is 18.2 Å². The predicted octanol–water partition coefficient (Wildman–Crippen LogP) is 3.90. The average molecular weight is 358 g/mol. The molecule has 2 amide bonds. The van der Waals surface area contributed by atoms with E-state index in [4.69, 9.17) is 4.74 Å². The van der Waals surface area contributed by atoms with Gasteiger partial charge in [-0.15, -0.1) is 11.3 Å². The number of methoxy groups -OCH3 is 1. The second kappa shape index (κ2) is 7.27. The van der Waals surface area contributed by atoms with Gasteiger partial charge in [0.1, 0.15) is 5.75 Å². The smallest absolute Gasteiger partial charge is 0.262 e. The Labute approximate surface area is 151 Å². The first-order chi connectivity index (χ1) is 12.0. The van der Waals surface area contributed by atoms with Gasteiger partial charge in [-0.3, -0.25) is 9.59 Å². The van der Waals surface area contributed by atoms with Crippen molar-refractivity contribution in [2.24, 2.45) is 5.92 Å². The number of thiophene rings is 1. The van der Waals surface area contributed by atoms with Crippen LogP contribution in [-0.2, 0) is 4.79 Å². The van der Waals surface area contributed by atoms with Crippen LogP contribution in [0.15, 0.2) is 30.3 Å². The zero-order valence-corrected chi connectivity index (χ0v) is 15.4. The lowest BCUT2D eigenvalue weighted by molar-refractivity contribution is -0.117. The molecule has 0 radical (unpaired) electrons. The highest BCUT2D eigenvalue weighted by atomic mass is 32.1. The zero-order valence-electron chi connectivity index (χ0n) is 14.6. The summed E-state index contributed by atoms with van der Waals surface area (Å²) in [4.78, 5) is 25.1. The quantitative estimate of drug-likeness (QED) is 0.823. The minimum absolute atomic E-state index is 0.0515. The van der Waals surface area contributed by atoms with Crippen molar-refractivity contribution < 1.29 is 14.3 Å². The summed E-state index contributed by atoms with van der Waals surface area (Å²) < 4.78 is 5.36. The van der Waals surface area contributed by atoms with E-state index in [1.807, 2.05) is 44.2 Å². The molecule has 1 aliphatic carbocycles. The summed E-state index contributed by atoms with van der Waals surface area (Å²) in [6.45, 7) is 3.81. The summed E-state index contributed by atoms with van der Waals surface area (Å²) in [6, 6.07) is 9.30. The number of hydrogen-bond acceptors (Lipinski definition) is 4. The molecule has 3 rings (SSSR count). The molecule has 1 atom stereocenters. The van der Waals surface area contributed by atoms with Crippen LogP contribution in [0.5, 0.6) is 5.75 Å².